The van der Waals surface area contributed by atoms with Crippen molar-refractivity contribution in [1.29, 1.82) is 0 Å². The fourth-order valence-electron chi connectivity index (χ4n) is 1.40. The SMILES string of the molecule is CC(=CCOc1ccc(C(C)(C)C)cc1)C(=O)O. The van der Waals surface area contributed by atoms with Gasteiger partial charge in [-0.1, -0.05) is 32.9 Å². The number of hydrogen-bond donors (Lipinski definition) is 1. The maximum absolute atomic E-state index is 10.6. The van der Waals surface area contributed by atoms with E-state index in [1.807, 2.05) is 24.3 Å². The first-order valence-electron chi connectivity index (χ1n) is 5.94. The summed E-state index contributed by atoms with van der Waals surface area (Å²) < 4.78 is 5.45. The van der Waals surface area contributed by atoms with E-state index in [2.05, 4.69) is 20.8 Å². The molecule has 1 aromatic rings. The monoisotopic (exact) mass is 248 g/mol. The van der Waals surface area contributed by atoms with Crippen LogP contribution < -0.4 is 4.74 Å². The lowest BCUT2D eigenvalue weighted by atomic mass is 9.87. The molecule has 1 N–H and O–H groups in total. The van der Waals surface area contributed by atoms with Crippen LogP contribution >= 0.6 is 0 Å². The van der Waals surface area contributed by atoms with Gasteiger partial charge in [-0.25, -0.2) is 4.79 Å². The lowest BCUT2D eigenvalue weighted by Crippen LogP contribution is -2.10. The second-order valence-corrected chi connectivity index (χ2v) is 5.28. The Bertz CT molecular complexity index is 436. The van der Waals surface area contributed by atoms with Crippen LogP contribution in [0.25, 0.3) is 0 Å². The Hall–Kier alpha value is -1.77. The zero-order chi connectivity index (χ0) is 13.8. The van der Waals surface area contributed by atoms with Crippen molar-refractivity contribution < 1.29 is 14.6 Å². The van der Waals surface area contributed by atoms with Gasteiger partial charge in [0.15, 0.2) is 0 Å². The van der Waals surface area contributed by atoms with Gasteiger partial charge in [0.05, 0.1) is 0 Å². The Balaban J connectivity index is 2.60. The van der Waals surface area contributed by atoms with Crippen LogP contribution in [-0.2, 0) is 10.2 Å². The minimum absolute atomic E-state index is 0.123. The third kappa shape index (κ3) is 4.24. The van der Waals surface area contributed by atoms with E-state index in [0.717, 1.165) is 5.75 Å². The summed E-state index contributed by atoms with van der Waals surface area (Å²) in [4.78, 5) is 10.6. The zero-order valence-corrected chi connectivity index (χ0v) is 11.4. The number of carboxylic acid groups (broad SMARTS) is 1. The Morgan fingerprint density at radius 3 is 2.28 bits per heavy atom. The molecule has 0 atom stereocenters. The molecule has 18 heavy (non-hydrogen) atoms. The van der Waals surface area contributed by atoms with Gasteiger partial charge in [-0.3, -0.25) is 0 Å². The first-order chi connectivity index (χ1) is 8.30. The average Bonchev–Trinajstić information content (AvgIpc) is 2.28. The van der Waals surface area contributed by atoms with Gasteiger partial charge in [-0.05, 0) is 36.1 Å². The predicted octanol–water partition coefficient (Wildman–Crippen LogP) is 3.39. The highest BCUT2D eigenvalue weighted by Gasteiger charge is 2.12. The van der Waals surface area contributed by atoms with E-state index < -0.39 is 5.97 Å². The zero-order valence-electron chi connectivity index (χ0n) is 11.4. The van der Waals surface area contributed by atoms with E-state index in [9.17, 15) is 4.79 Å². The molecular formula is C15H20O3. The lowest BCUT2D eigenvalue weighted by molar-refractivity contribution is -0.132. The van der Waals surface area contributed by atoms with E-state index in [4.69, 9.17) is 9.84 Å². The van der Waals surface area contributed by atoms with Crippen LogP contribution in [0.15, 0.2) is 35.9 Å². The molecule has 3 heteroatoms. The molecular weight excluding hydrogens is 228 g/mol. The molecule has 0 aromatic heterocycles. The quantitative estimate of drug-likeness (QED) is 0.831. The summed E-state index contributed by atoms with van der Waals surface area (Å²) >= 11 is 0. The molecule has 1 aromatic carbocycles. The molecule has 3 nitrogen and oxygen atoms in total. The minimum Gasteiger partial charge on any atom is -0.490 e. The Labute approximate surface area is 108 Å². The Kier molecular flexibility index (Phi) is 4.54. The van der Waals surface area contributed by atoms with E-state index in [1.54, 1.807) is 13.0 Å². The second kappa shape index (κ2) is 5.71. The molecule has 1 rings (SSSR count). The first-order valence-corrected chi connectivity index (χ1v) is 5.94. The summed E-state index contributed by atoms with van der Waals surface area (Å²) in [5.74, 6) is -0.167. The summed E-state index contributed by atoms with van der Waals surface area (Å²) in [6.45, 7) is 8.28. The molecule has 0 aliphatic carbocycles. The van der Waals surface area contributed by atoms with Crippen molar-refractivity contribution in [3.8, 4) is 5.75 Å². The van der Waals surface area contributed by atoms with Crippen LogP contribution in [0.5, 0.6) is 5.75 Å². The molecule has 0 unspecified atom stereocenters. The summed E-state index contributed by atoms with van der Waals surface area (Å²) in [5, 5.41) is 8.68. The number of carbonyl (C=O) groups is 1. The molecule has 0 saturated heterocycles. The highest BCUT2D eigenvalue weighted by Crippen LogP contribution is 2.24. The van der Waals surface area contributed by atoms with E-state index in [0.29, 0.717) is 5.57 Å². The van der Waals surface area contributed by atoms with Gasteiger partial charge >= 0.3 is 5.97 Å². The molecule has 0 bridgehead atoms. The fraction of sp³-hybridized carbons (Fsp3) is 0.400. The van der Waals surface area contributed by atoms with Crippen LogP contribution in [0, 0.1) is 0 Å². The maximum Gasteiger partial charge on any atom is 0.331 e. The number of aliphatic carboxylic acids is 1. The summed E-state index contributed by atoms with van der Waals surface area (Å²) in [7, 11) is 0. The van der Waals surface area contributed by atoms with Crippen LogP contribution in [-0.4, -0.2) is 17.7 Å². The van der Waals surface area contributed by atoms with E-state index in [-0.39, 0.29) is 12.0 Å². The van der Waals surface area contributed by atoms with Crippen LogP contribution in [0.3, 0.4) is 0 Å². The van der Waals surface area contributed by atoms with Crippen LogP contribution in [0.4, 0.5) is 0 Å². The van der Waals surface area contributed by atoms with Crippen molar-refractivity contribution >= 4 is 5.97 Å². The molecule has 0 saturated carbocycles. The molecule has 0 spiro atoms. The molecule has 0 radical (unpaired) electrons. The molecule has 0 heterocycles. The van der Waals surface area contributed by atoms with E-state index >= 15 is 0 Å². The van der Waals surface area contributed by atoms with Gasteiger partial charge < -0.3 is 9.84 Å². The highest BCUT2D eigenvalue weighted by atomic mass is 16.5. The number of carboxylic acids is 1. The number of ether oxygens (including phenoxy) is 1. The normalized spacial score (nSPS) is 12.3. The van der Waals surface area contributed by atoms with Gasteiger partial charge in [0.25, 0.3) is 0 Å². The Morgan fingerprint density at radius 2 is 1.83 bits per heavy atom. The summed E-state index contributed by atoms with van der Waals surface area (Å²) in [5.41, 5.74) is 1.66. The molecule has 0 amide bonds. The lowest BCUT2D eigenvalue weighted by Gasteiger charge is -2.19. The summed E-state index contributed by atoms with van der Waals surface area (Å²) in [6, 6.07) is 7.88. The van der Waals surface area contributed by atoms with Crippen molar-refractivity contribution in [3.63, 3.8) is 0 Å². The van der Waals surface area contributed by atoms with Gasteiger partial charge in [0.2, 0.25) is 0 Å². The maximum atomic E-state index is 10.6. The molecule has 0 fully saturated rings. The van der Waals surface area contributed by atoms with Crippen molar-refractivity contribution in [2.75, 3.05) is 6.61 Å². The predicted molar refractivity (Wildman–Crippen MR) is 72.0 cm³/mol. The van der Waals surface area contributed by atoms with Gasteiger partial charge in [-0.15, -0.1) is 0 Å². The van der Waals surface area contributed by atoms with Crippen LogP contribution in [0.1, 0.15) is 33.3 Å². The number of hydrogen-bond acceptors (Lipinski definition) is 2. The smallest absolute Gasteiger partial charge is 0.331 e. The van der Waals surface area contributed by atoms with Crippen molar-refractivity contribution in [1.82, 2.24) is 0 Å². The third-order valence-corrected chi connectivity index (χ3v) is 2.70. The standard InChI is InChI=1S/C15H20O3/c1-11(14(16)17)9-10-18-13-7-5-12(6-8-13)15(2,3)4/h5-9H,10H2,1-4H3,(H,16,17). The topological polar surface area (TPSA) is 46.5 Å². The first kappa shape index (κ1) is 14.3. The third-order valence-electron chi connectivity index (χ3n) is 2.70. The van der Waals surface area contributed by atoms with Gasteiger partial charge in [0.1, 0.15) is 12.4 Å². The minimum atomic E-state index is -0.915. The Morgan fingerprint density at radius 1 is 1.28 bits per heavy atom. The van der Waals surface area contributed by atoms with Crippen molar-refractivity contribution in [2.24, 2.45) is 0 Å². The van der Waals surface area contributed by atoms with Crippen LogP contribution in [0.2, 0.25) is 0 Å². The number of rotatable bonds is 4. The summed E-state index contributed by atoms with van der Waals surface area (Å²) in [6.07, 6.45) is 1.56. The van der Waals surface area contributed by atoms with Gasteiger partial charge in [-0.2, -0.15) is 0 Å². The van der Waals surface area contributed by atoms with E-state index in [1.165, 1.54) is 5.56 Å². The highest BCUT2D eigenvalue weighted by molar-refractivity contribution is 5.85. The fourth-order valence-corrected chi connectivity index (χ4v) is 1.40. The molecule has 98 valence electrons. The second-order valence-electron chi connectivity index (χ2n) is 5.28. The van der Waals surface area contributed by atoms with Crippen molar-refractivity contribution in [2.45, 2.75) is 33.1 Å². The van der Waals surface area contributed by atoms with Gasteiger partial charge in [0, 0.05) is 5.57 Å². The number of benzene rings is 1. The largest absolute Gasteiger partial charge is 0.490 e. The molecule has 0 aliphatic heterocycles. The molecule has 0 aliphatic rings. The van der Waals surface area contributed by atoms with Crippen molar-refractivity contribution in [3.05, 3.63) is 41.5 Å². The average molecular weight is 248 g/mol.